The normalized spacial score (nSPS) is 17.1. The van der Waals surface area contributed by atoms with Crippen molar-refractivity contribution in [1.29, 1.82) is 0 Å². The first kappa shape index (κ1) is 17.8. The van der Waals surface area contributed by atoms with Crippen LogP contribution in [-0.2, 0) is 4.74 Å². The summed E-state index contributed by atoms with van der Waals surface area (Å²) in [6.45, 7) is 3.87. The minimum atomic E-state index is -0.0592. The fourth-order valence-electron chi connectivity index (χ4n) is 3.06. The highest BCUT2D eigenvalue weighted by atomic mass is 35.5. The number of carbonyl (C=O) groups is 1. The standard InChI is InChI=1S/C18H22ClN3O3/c1-12-4-3-10-22(12)18(23)15-16(13-5-7-14(19)8-6-13)25-21-17(15)20-9-11-24-2/h5-8,12H,3-4,9-11H2,1-2H3,(H,20,21). The fraction of sp³-hybridized carbons (Fsp3) is 0.444. The highest BCUT2D eigenvalue weighted by Crippen LogP contribution is 2.33. The van der Waals surface area contributed by atoms with Crippen LogP contribution in [0.3, 0.4) is 0 Å². The van der Waals surface area contributed by atoms with Crippen molar-refractivity contribution >= 4 is 23.3 Å². The number of benzene rings is 1. The van der Waals surface area contributed by atoms with Gasteiger partial charge in [-0.1, -0.05) is 16.8 Å². The number of aromatic nitrogens is 1. The molecule has 3 rings (SSSR count). The molecule has 1 saturated heterocycles. The highest BCUT2D eigenvalue weighted by Gasteiger charge is 2.32. The summed E-state index contributed by atoms with van der Waals surface area (Å²) in [5.74, 6) is 0.850. The Hall–Kier alpha value is -2.05. The van der Waals surface area contributed by atoms with Crippen molar-refractivity contribution in [1.82, 2.24) is 10.1 Å². The van der Waals surface area contributed by atoms with Crippen LogP contribution in [0.5, 0.6) is 0 Å². The number of hydrogen-bond acceptors (Lipinski definition) is 5. The lowest BCUT2D eigenvalue weighted by atomic mass is 10.1. The van der Waals surface area contributed by atoms with Gasteiger partial charge in [0.15, 0.2) is 11.6 Å². The van der Waals surface area contributed by atoms with Gasteiger partial charge in [0.2, 0.25) is 0 Å². The summed E-state index contributed by atoms with van der Waals surface area (Å²) >= 11 is 5.97. The van der Waals surface area contributed by atoms with Gasteiger partial charge in [0.05, 0.1) is 6.61 Å². The molecule has 1 aromatic heterocycles. The van der Waals surface area contributed by atoms with E-state index in [-0.39, 0.29) is 11.9 Å². The van der Waals surface area contributed by atoms with Crippen LogP contribution in [-0.4, -0.2) is 48.8 Å². The van der Waals surface area contributed by atoms with Crippen molar-refractivity contribution in [2.45, 2.75) is 25.8 Å². The summed E-state index contributed by atoms with van der Waals surface area (Å²) in [5.41, 5.74) is 1.24. The minimum absolute atomic E-state index is 0.0592. The molecule has 1 fully saturated rings. The van der Waals surface area contributed by atoms with Crippen LogP contribution in [0, 0.1) is 0 Å². The Kier molecular flexibility index (Phi) is 5.60. The SMILES string of the molecule is COCCNc1noc(-c2ccc(Cl)cc2)c1C(=O)N1CCCC1C. The molecule has 2 heterocycles. The van der Waals surface area contributed by atoms with E-state index in [2.05, 4.69) is 17.4 Å². The number of likely N-dealkylation sites (tertiary alicyclic amines) is 1. The molecule has 0 bridgehead atoms. The Morgan fingerprint density at radius 3 is 2.84 bits per heavy atom. The molecule has 7 heteroatoms. The van der Waals surface area contributed by atoms with E-state index in [9.17, 15) is 4.79 Å². The zero-order chi connectivity index (χ0) is 17.8. The van der Waals surface area contributed by atoms with Gasteiger partial charge in [-0.05, 0) is 44.0 Å². The van der Waals surface area contributed by atoms with E-state index in [1.54, 1.807) is 19.2 Å². The Bertz CT molecular complexity index is 730. The van der Waals surface area contributed by atoms with E-state index >= 15 is 0 Å². The number of nitrogens with zero attached hydrogens (tertiary/aromatic N) is 2. The van der Waals surface area contributed by atoms with Crippen molar-refractivity contribution in [3.05, 3.63) is 34.9 Å². The summed E-state index contributed by atoms with van der Waals surface area (Å²) in [4.78, 5) is 15.0. The molecule has 2 aromatic rings. The zero-order valence-corrected chi connectivity index (χ0v) is 15.2. The van der Waals surface area contributed by atoms with Gasteiger partial charge in [-0.15, -0.1) is 0 Å². The maximum Gasteiger partial charge on any atom is 0.261 e. The quantitative estimate of drug-likeness (QED) is 0.793. The molecule has 1 unspecified atom stereocenters. The van der Waals surface area contributed by atoms with E-state index in [0.29, 0.717) is 35.3 Å². The van der Waals surface area contributed by atoms with E-state index < -0.39 is 0 Å². The molecule has 1 atom stereocenters. The first-order valence-electron chi connectivity index (χ1n) is 8.41. The number of ether oxygens (including phenoxy) is 1. The molecule has 1 N–H and O–H groups in total. The summed E-state index contributed by atoms with van der Waals surface area (Å²) in [5, 5.41) is 7.84. The maximum absolute atomic E-state index is 13.2. The van der Waals surface area contributed by atoms with E-state index in [0.717, 1.165) is 24.9 Å². The van der Waals surface area contributed by atoms with Crippen LogP contribution in [0.2, 0.25) is 5.02 Å². The van der Waals surface area contributed by atoms with Crippen LogP contribution in [0.1, 0.15) is 30.1 Å². The number of nitrogens with one attached hydrogen (secondary N) is 1. The third-order valence-electron chi connectivity index (χ3n) is 4.42. The van der Waals surface area contributed by atoms with Crippen LogP contribution in [0.15, 0.2) is 28.8 Å². The van der Waals surface area contributed by atoms with E-state index in [1.807, 2.05) is 17.0 Å². The number of amides is 1. The van der Waals surface area contributed by atoms with Crippen molar-refractivity contribution in [3.8, 4) is 11.3 Å². The average molecular weight is 364 g/mol. The van der Waals surface area contributed by atoms with Gasteiger partial charge >= 0.3 is 0 Å². The Labute approximate surface area is 152 Å². The molecular formula is C18H22ClN3O3. The molecule has 134 valence electrons. The van der Waals surface area contributed by atoms with Crippen LogP contribution in [0.4, 0.5) is 5.82 Å². The lowest BCUT2D eigenvalue weighted by Crippen LogP contribution is -2.34. The lowest BCUT2D eigenvalue weighted by Gasteiger charge is -2.21. The molecule has 25 heavy (non-hydrogen) atoms. The monoisotopic (exact) mass is 363 g/mol. The van der Waals surface area contributed by atoms with Gasteiger partial charge < -0.3 is 19.5 Å². The van der Waals surface area contributed by atoms with Crippen molar-refractivity contribution in [3.63, 3.8) is 0 Å². The second-order valence-electron chi connectivity index (χ2n) is 6.15. The molecule has 0 aliphatic carbocycles. The number of rotatable bonds is 6. The lowest BCUT2D eigenvalue weighted by molar-refractivity contribution is 0.0748. The summed E-state index contributed by atoms with van der Waals surface area (Å²) in [6.07, 6.45) is 2.03. The van der Waals surface area contributed by atoms with E-state index in [1.165, 1.54) is 0 Å². The Morgan fingerprint density at radius 1 is 1.44 bits per heavy atom. The third kappa shape index (κ3) is 3.80. The topological polar surface area (TPSA) is 67.6 Å². The number of hydrogen-bond donors (Lipinski definition) is 1. The molecule has 1 aliphatic heterocycles. The number of anilines is 1. The van der Waals surface area contributed by atoms with Gasteiger partial charge in [0, 0.05) is 36.8 Å². The second-order valence-corrected chi connectivity index (χ2v) is 6.59. The van der Waals surface area contributed by atoms with Crippen molar-refractivity contribution in [2.24, 2.45) is 0 Å². The molecule has 0 saturated carbocycles. The molecule has 1 amide bonds. The fourth-order valence-corrected chi connectivity index (χ4v) is 3.18. The molecular weight excluding hydrogens is 342 g/mol. The molecule has 6 nitrogen and oxygen atoms in total. The number of halogens is 1. The first-order chi connectivity index (χ1) is 12.1. The van der Waals surface area contributed by atoms with Crippen molar-refractivity contribution < 1.29 is 14.1 Å². The van der Waals surface area contributed by atoms with Gasteiger partial charge in [-0.2, -0.15) is 0 Å². The summed E-state index contributed by atoms with van der Waals surface area (Å²) < 4.78 is 10.6. The number of methoxy groups -OCH3 is 1. The smallest absolute Gasteiger partial charge is 0.261 e. The highest BCUT2D eigenvalue weighted by molar-refractivity contribution is 6.30. The second kappa shape index (κ2) is 7.89. The minimum Gasteiger partial charge on any atom is -0.383 e. The predicted molar refractivity (Wildman–Crippen MR) is 97.0 cm³/mol. The van der Waals surface area contributed by atoms with Crippen LogP contribution >= 0.6 is 11.6 Å². The van der Waals surface area contributed by atoms with Gasteiger partial charge in [-0.25, -0.2) is 0 Å². The van der Waals surface area contributed by atoms with Crippen LogP contribution < -0.4 is 5.32 Å². The summed E-state index contributed by atoms with van der Waals surface area (Å²) in [6, 6.07) is 7.40. The number of carbonyl (C=O) groups excluding carboxylic acids is 1. The maximum atomic E-state index is 13.2. The molecule has 0 radical (unpaired) electrons. The van der Waals surface area contributed by atoms with Gasteiger partial charge in [0.1, 0.15) is 5.56 Å². The molecule has 1 aromatic carbocycles. The Morgan fingerprint density at radius 2 is 2.20 bits per heavy atom. The summed E-state index contributed by atoms with van der Waals surface area (Å²) in [7, 11) is 1.63. The van der Waals surface area contributed by atoms with Gasteiger partial charge in [0.25, 0.3) is 5.91 Å². The largest absolute Gasteiger partial charge is 0.383 e. The third-order valence-corrected chi connectivity index (χ3v) is 4.68. The average Bonchev–Trinajstić information content (AvgIpc) is 3.22. The zero-order valence-electron chi connectivity index (χ0n) is 14.4. The molecule has 1 aliphatic rings. The van der Waals surface area contributed by atoms with E-state index in [4.69, 9.17) is 20.9 Å². The van der Waals surface area contributed by atoms with Crippen molar-refractivity contribution in [2.75, 3.05) is 32.1 Å². The predicted octanol–water partition coefficient (Wildman–Crippen LogP) is 3.68. The molecule has 0 spiro atoms. The van der Waals surface area contributed by atoms with Gasteiger partial charge in [-0.3, -0.25) is 4.79 Å². The Balaban J connectivity index is 1.97. The van der Waals surface area contributed by atoms with Crippen LogP contribution in [0.25, 0.3) is 11.3 Å². The first-order valence-corrected chi connectivity index (χ1v) is 8.79.